The fraction of sp³-hybridized carbons (Fsp3) is 0.562. The molecular weight excluding hydrogens is 292 g/mol. The molecule has 1 atom stereocenters. The van der Waals surface area contributed by atoms with E-state index in [1.807, 2.05) is 24.0 Å². The van der Waals surface area contributed by atoms with Crippen molar-refractivity contribution < 1.29 is 4.79 Å². The van der Waals surface area contributed by atoms with Gasteiger partial charge in [0.2, 0.25) is 0 Å². The molecule has 1 aliphatic heterocycles. The molecule has 0 aromatic carbocycles. The van der Waals surface area contributed by atoms with Crippen molar-refractivity contribution in [1.29, 1.82) is 0 Å². The molecule has 3 rings (SSSR count). The zero-order valence-electron chi connectivity index (χ0n) is 13.7. The summed E-state index contributed by atoms with van der Waals surface area (Å²) in [5.41, 5.74) is 1.43. The molecule has 0 radical (unpaired) electrons. The summed E-state index contributed by atoms with van der Waals surface area (Å²) in [6.07, 6.45) is 6.06. The predicted molar refractivity (Wildman–Crippen MR) is 88.5 cm³/mol. The normalized spacial score (nSPS) is 18.1. The molecule has 7 heteroatoms. The fourth-order valence-corrected chi connectivity index (χ4v) is 2.92. The van der Waals surface area contributed by atoms with E-state index in [0.29, 0.717) is 17.6 Å². The molecule has 7 nitrogen and oxygen atoms in total. The minimum Gasteiger partial charge on any atom is -0.315 e. The van der Waals surface area contributed by atoms with E-state index in [4.69, 9.17) is 0 Å². The number of piperidine rings is 1. The number of carbonyl (C=O) groups excluding carboxylic acids is 1. The number of rotatable bonds is 5. The van der Waals surface area contributed by atoms with Crippen LogP contribution in [0.15, 0.2) is 18.3 Å². The Labute approximate surface area is 136 Å². The molecule has 1 amide bonds. The number of nitrogens with one attached hydrogen (secondary N) is 2. The Morgan fingerprint density at radius 2 is 2.35 bits per heavy atom. The quantitative estimate of drug-likeness (QED) is 0.881. The second-order valence-corrected chi connectivity index (χ2v) is 6.03. The van der Waals surface area contributed by atoms with Crippen LogP contribution in [-0.2, 0) is 13.5 Å². The number of amides is 1. The van der Waals surface area contributed by atoms with Crippen molar-refractivity contribution in [2.45, 2.75) is 38.6 Å². The van der Waals surface area contributed by atoms with Gasteiger partial charge in [0.1, 0.15) is 5.82 Å². The van der Waals surface area contributed by atoms with E-state index < -0.39 is 0 Å². The molecule has 0 spiro atoms. The molecule has 0 saturated carbocycles. The van der Waals surface area contributed by atoms with Gasteiger partial charge in [0.05, 0.1) is 11.7 Å². The average molecular weight is 316 g/mol. The smallest absolute Gasteiger partial charge is 0.277 e. The molecule has 1 aliphatic rings. The van der Waals surface area contributed by atoms with Crippen molar-refractivity contribution in [1.82, 2.24) is 24.9 Å². The summed E-state index contributed by atoms with van der Waals surface area (Å²) < 4.78 is 3.60. The first-order chi connectivity index (χ1) is 11.2. The molecule has 2 aromatic rings. The van der Waals surface area contributed by atoms with Gasteiger partial charge in [-0.1, -0.05) is 13.3 Å². The SMILES string of the molecule is CCCc1cc(NC(=O)c2ccn(C3CCCNC3)n2)n(C)n1. The third kappa shape index (κ3) is 3.61. The lowest BCUT2D eigenvalue weighted by Crippen LogP contribution is -2.32. The Bertz CT molecular complexity index is 668. The van der Waals surface area contributed by atoms with Gasteiger partial charge in [-0.3, -0.25) is 14.2 Å². The minimum atomic E-state index is -0.196. The second kappa shape index (κ2) is 6.95. The Hall–Kier alpha value is -2.15. The fourth-order valence-electron chi connectivity index (χ4n) is 2.92. The van der Waals surface area contributed by atoms with E-state index in [-0.39, 0.29) is 5.91 Å². The van der Waals surface area contributed by atoms with E-state index in [9.17, 15) is 4.79 Å². The van der Waals surface area contributed by atoms with Gasteiger partial charge in [-0.25, -0.2) is 0 Å². The van der Waals surface area contributed by atoms with Crippen LogP contribution in [-0.4, -0.2) is 38.6 Å². The summed E-state index contributed by atoms with van der Waals surface area (Å²) in [6, 6.07) is 4.02. The molecular formula is C16H24N6O. The van der Waals surface area contributed by atoms with Crippen molar-refractivity contribution >= 4 is 11.7 Å². The van der Waals surface area contributed by atoms with Crippen molar-refractivity contribution in [3.8, 4) is 0 Å². The van der Waals surface area contributed by atoms with Gasteiger partial charge in [-0.2, -0.15) is 10.2 Å². The highest BCUT2D eigenvalue weighted by molar-refractivity contribution is 6.02. The zero-order valence-corrected chi connectivity index (χ0v) is 13.7. The van der Waals surface area contributed by atoms with Crippen LogP contribution in [0.25, 0.3) is 0 Å². The van der Waals surface area contributed by atoms with Gasteiger partial charge in [0.25, 0.3) is 5.91 Å². The number of nitrogens with zero attached hydrogens (tertiary/aromatic N) is 4. The van der Waals surface area contributed by atoms with E-state index in [1.54, 1.807) is 10.7 Å². The summed E-state index contributed by atoms with van der Waals surface area (Å²) in [5, 5.41) is 15.1. The van der Waals surface area contributed by atoms with Crippen LogP contribution in [0.1, 0.15) is 48.4 Å². The minimum absolute atomic E-state index is 0.196. The number of aromatic nitrogens is 4. The van der Waals surface area contributed by atoms with Crippen LogP contribution in [0.2, 0.25) is 0 Å². The first-order valence-corrected chi connectivity index (χ1v) is 8.27. The van der Waals surface area contributed by atoms with Gasteiger partial charge in [-0.05, 0) is 31.9 Å². The van der Waals surface area contributed by atoms with Crippen LogP contribution in [0.5, 0.6) is 0 Å². The molecule has 0 aliphatic carbocycles. The summed E-state index contributed by atoms with van der Waals surface area (Å²) in [5.74, 6) is 0.505. The van der Waals surface area contributed by atoms with Gasteiger partial charge >= 0.3 is 0 Å². The summed E-state index contributed by atoms with van der Waals surface area (Å²) in [6.45, 7) is 4.08. The van der Waals surface area contributed by atoms with E-state index in [2.05, 4.69) is 27.8 Å². The molecule has 1 saturated heterocycles. The van der Waals surface area contributed by atoms with Crippen molar-refractivity contribution in [2.24, 2.45) is 7.05 Å². The largest absolute Gasteiger partial charge is 0.315 e. The Balaban J connectivity index is 1.67. The highest BCUT2D eigenvalue weighted by Crippen LogP contribution is 2.16. The lowest BCUT2D eigenvalue weighted by atomic mass is 10.1. The molecule has 1 fully saturated rings. The van der Waals surface area contributed by atoms with Gasteiger partial charge in [0.15, 0.2) is 5.69 Å². The molecule has 0 bridgehead atoms. The van der Waals surface area contributed by atoms with Gasteiger partial charge in [-0.15, -0.1) is 0 Å². The van der Waals surface area contributed by atoms with Gasteiger partial charge < -0.3 is 10.6 Å². The van der Waals surface area contributed by atoms with Crippen LogP contribution >= 0.6 is 0 Å². The first-order valence-electron chi connectivity index (χ1n) is 8.27. The molecule has 3 heterocycles. The average Bonchev–Trinajstić information content (AvgIpc) is 3.16. The highest BCUT2D eigenvalue weighted by atomic mass is 16.2. The number of hydrogen-bond donors (Lipinski definition) is 2. The maximum absolute atomic E-state index is 12.4. The highest BCUT2D eigenvalue weighted by Gasteiger charge is 2.18. The molecule has 2 N–H and O–H groups in total. The third-order valence-electron chi connectivity index (χ3n) is 4.16. The van der Waals surface area contributed by atoms with Crippen LogP contribution in [0, 0.1) is 0 Å². The Morgan fingerprint density at radius 1 is 1.48 bits per heavy atom. The summed E-state index contributed by atoms with van der Waals surface area (Å²) in [4.78, 5) is 12.4. The van der Waals surface area contributed by atoms with Crippen molar-refractivity contribution in [2.75, 3.05) is 18.4 Å². The van der Waals surface area contributed by atoms with E-state index >= 15 is 0 Å². The lowest BCUT2D eigenvalue weighted by molar-refractivity contribution is 0.102. The standard InChI is InChI=1S/C16H24N6O/c1-3-5-12-10-15(21(2)19-12)18-16(23)14-7-9-22(20-14)13-6-4-8-17-11-13/h7,9-10,13,17H,3-6,8,11H2,1-2H3,(H,18,23). The monoisotopic (exact) mass is 316 g/mol. The molecule has 124 valence electrons. The number of anilines is 1. The molecule has 23 heavy (non-hydrogen) atoms. The van der Waals surface area contributed by atoms with Crippen molar-refractivity contribution in [3.05, 3.63) is 29.7 Å². The summed E-state index contributed by atoms with van der Waals surface area (Å²) >= 11 is 0. The number of carbonyl (C=O) groups is 1. The van der Waals surface area contributed by atoms with Crippen molar-refractivity contribution in [3.63, 3.8) is 0 Å². The third-order valence-corrected chi connectivity index (χ3v) is 4.16. The Morgan fingerprint density at radius 3 is 3.09 bits per heavy atom. The molecule has 1 unspecified atom stereocenters. The number of aryl methyl sites for hydroxylation is 2. The van der Waals surface area contributed by atoms with Crippen LogP contribution in [0.4, 0.5) is 5.82 Å². The first kappa shape index (κ1) is 15.7. The van der Waals surface area contributed by atoms with Crippen LogP contribution < -0.4 is 10.6 Å². The Kier molecular flexibility index (Phi) is 4.76. The zero-order chi connectivity index (χ0) is 16.2. The second-order valence-electron chi connectivity index (χ2n) is 6.03. The summed E-state index contributed by atoms with van der Waals surface area (Å²) in [7, 11) is 1.83. The maximum Gasteiger partial charge on any atom is 0.277 e. The topological polar surface area (TPSA) is 76.8 Å². The van der Waals surface area contributed by atoms with E-state index in [1.165, 1.54) is 0 Å². The number of hydrogen-bond acceptors (Lipinski definition) is 4. The van der Waals surface area contributed by atoms with Crippen LogP contribution in [0.3, 0.4) is 0 Å². The lowest BCUT2D eigenvalue weighted by Gasteiger charge is -2.22. The molecule has 2 aromatic heterocycles. The maximum atomic E-state index is 12.4. The predicted octanol–water partition coefficient (Wildman–Crippen LogP) is 1.75. The van der Waals surface area contributed by atoms with Gasteiger partial charge in [0, 0.05) is 25.9 Å². The van der Waals surface area contributed by atoms with E-state index in [0.717, 1.165) is 44.5 Å².